The molecule has 0 saturated carbocycles. The smallest absolute Gasteiger partial charge is 0.253 e. The second kappa shape index (κ2) is 7.79. The summed E-state index contributed by atoms with van der Waals surface area (Å²) >= 11 is 0. The fourth-order valence-electron chi connectivity index (χ4n) is 3.76. The number of aryl methyl sites for hydroxylation is 2. The molecule has 1 aromatic rings. The second-order valence-corrected chi connectivity index (χ2v) is 6.86. The number of nitrogens with two attached hydrogens (primary N) is 1. The minimum atomic E-state index is -0.119. The number of amides is 2. The van der Waals surface area contributed by atoms with Gasteiger partial charge in [-0.15, -0.1) is 0 Å². The Labute approximate surface area is 143 Å². The number of hydrogen-bond acceptors (Lipinski definition) is 3. The average Bonchev–Trinajstić information content (AvgIpc) is 2.65. The number of carbonyl (C=O) groups excluding carboxylic acids is 2. The molecule has 1 aromatic carbocycles. The highest BCUT2D eigenvalue weighted by Crippen LogP contribution is 2.24. The van der Waals surface area contributed by atoms with Gasteiger partial charge in [-0.05, 0) is 61.8 Å². The molecule has 24 heavy (non-hydrogen) atoms. The highest BCUT2D eigenvalue weighted by molar-refractivity contribution is 5.95. The molecule has 130 valence electrons. The number of benzene rings is 1. The zero-order valence-electron chi connectivity index (χ0n) is 14.2. The molecule has 0 bridgehead atoms. The van der Waals surface area contributed by atoms with E-state index in [0.29, 0.717) is 19.6 Å². The highest BCUT2D eigenvalue weighted by atomic mass is 16.2. The number of nitrogens with one attached hydrogen (secondary N) is 1. The topological polar surface area (TPSA) is 75.4 Å². The maximum absolute atomic E-state index is 12.8. The molecule has 0 spiro atoms. The van der Waals surface area contributed by atoms with E-state index in [4.69, 9.17) is 5.73 Å². The molecule has 5 nitrogen and oxygen atoms in total. The van der Waals surface area contributed by atoms with E-state index >= 15 is 0 Å². The van der Waals surface area contributed by atoms with Gasteiger partial charge in [-0.2, -0.15) is 0 Å². The van der Waals surface area contributed by atoms with Crippen LogP contribution in [0.3, 0.4) is 0 Å². The summed E-state index contributed by atoms with van der Waals surface area (Å²) in [5.41, 5.74) is 8.90. The van der Waals surface area contributed by atoms with Crippen molar-refractivity contribution in [2.75, 3.05) is 26.2 Å². The Balaban J connectivity index is 1.67. The number of fused-ring (bicyclic) bond motifs is 1. The van der Waals surface area contributed by atoms with Crippen LogP contribution in [0.4, 0.5) is 0 Å². The first-order valence-electron chi connectivity index (χ1n) is 9.08. The monoisotopic (exact) mass is 329 g/mol. The van der Waals surface area contributed by atoms with Gasteiger partial charge >= 0.3 is 0 Å². The molecule has 0 radical (unpaired) electrons. The molecule has 2 amide bonds. The quantitative estimate of drug-likeness (QED) is 0.879. The fraction of sp³-hybridized carbons (Fsp3) is 0.579. The van der Waals surface area contributed by atoms with Crippen molar-refractivity contribution in [3.05, 3.63) is 34.9 Å². The summed E-state index contributed by atoms with van der Waals surface area (Å²) in [5.74, 6) is -0.0463. The van der Waals surface area contributed by atoms with Gasteiger partial charge in [-0.25, -0.2) is 0 Å². The van der Waals surface area contributed by atoms with E-state index in [9.17, 15) is 9.59 Å². The van der Waals surface area contributed by atoms with E-state index < -0.39 is 0 Å². The Kier molecular flexibility index (Phi) is 5.51. The summed E-state index contributed by atoms with van der Waals surface area (Å²) in [5, 5.41) is 2.84. The van der Waals surface area contributed by atoms with Gasteiger partial charge in [0, 0.05) is 31.7 Å². The predicted molar refractivity (Wildman–Crippen MR) is 93.8 cm³/mol. The molecule has 5 heteroatoms. The number of likely N-dealkylation sites (tertiary alicyclic amines) is 1. The molecule has 0 aromatic heterocycles. The van der Waals surface area contributed by atoms with Crippen LogP contribution in [0, 0.1) is 5.92 Å². The number of rotatable bonds is 4. The summed E-state index contributed by atoms with van der Waals surface area (Å²) in [7, 11) is 0. The molecule has 1 unspecified atom stereocenters. The third-order valence-corrected chi connectivity index (χ3v) is 5.12. The first-order valence-corrected chi connectivity index (χ1v) is 9.08. The Morgan fingerprint density at radius 3 is 2.75 bits per heavy atom. The Bertz CT molecular complexity index is 615. The first-order chi connectivity index (χ1) is 11.7. The SMILES string of the molecule is NCCNC(=O)C1CCCN(C(=O)c2ccc3c(c2)CCCC3)C1. The molecular formula is C19H27N3O2. The van der Waals surface area contributed by atoms with Crippen molar-refractivity contribution in [2.24, 2.45) is 11.7 Å². The number of piperidine rings is 1. The van der Waals surface area contributed by atoms with Gasteiger partial charge in [0.05, 0.1) is 5.92 Å². The zero-order valence-corrected chi connectivity index (χ0v) is 14.2. The maximum atomic E-state index is 12.8. The average molecular weight is 329 g/mol. The summed E-state index contributed by atoms with van der Waals surface area (Å²) < 4.78 is 0. The van der Waals surface area contributed by atoms with Crippen molar-refractivity contribution in [1.29, 1.82) is 0 Å². The molecule has 1 atom stereocenters. The van der Waals surface area contributed by atoms with Crippen molar-refractivity contribution in [3.8, 4) is 0 Å². The summed E-state index contributed by atoms with van der Waals surface area (Å²) in [6.07, 6.45) is 6.35. The largest absolute Gasteiger partial charge is 0.355 e. The van der Waals surface area contributed by atoms with Gasteiger partial charge in [-0.3, -0.25) is 9.59 Å². The van der Waals surface area contributed by atoms with Gasteiger partial charge in [0.25, 0.3) is 5.91 Å². The van der Waals surface area contributed by atoms with Crippen molar-refractivity contribution < 1.29 is 9.59 Å². The maximum Gasteiger partial charge on any atom is 0.253 e. The molecule has 1 heterocycles. The summed E-state index contributed by atoms with van der Waals surface area (Å²) in [6.45, 7) is 2.17. The van der Waals surface area contributed by atoms with Crippen LogP contribution in [0.2, 0.25) is 0 Å². The lowest BCUT2D eigenvalue weighted by atomic mass is 9.90. The second-order valence-electron chi connectivity index (χ2n) is 6.86. The normalized spacial score (nSPS) is 20.4. The lowest BCUT2D eigenvalue weighted by Gasteiger charge is -2.32. The lowest BCUT2D eigenvalue weighted by molar-refractivity contribution is -0.126. The van der Waals surface area contributed by atoms with Crippen LogP contribution in [0.5, 0.6) is 0 Å². The van der Waals surface area contributed by atoms with Crippen LogP contribution in [-0.4, -0.2) is 42.9 Å². The highest BCUT2D eigenvalue weighted by Gasteiger charge is 2.29. The fourth-order valence-corrected chi connectivity index (χ4v) is 3.76. The minimum absolute atomic E-state index is 0.0170. The Morgan fingerprint density at radius 2 is 1.96 bits per heavy atom. The van der Waals surface area contributed by atoms with Crippen molar-refractivity contribution >= 4 is 11.8 Å². The zero-order chi connectivity index (χ0) is 16.9. The predicted octanol–water partition coefficient (Wildman–Crippen LogP) is 1.49. The molecule has 3 N–H and O–H groups in total. The van der Waals surface area contributed by atoms with E-state index in [1.807, 2.05) is 11.0 Å². The van der Waals surface area contributed by atoms with Crippen LogP contribution < -0.4 is 11.1 Å². The molecular weight excluding hydrogens is 302 g/mol. The van der Waals surface area contributed by atoms with E-state index in [-0.39, 0.29) is 17.7 Å². The third kappa shape index (κ3) is 3.78. The minimum Gasteiger partial charge on any atom is -0.355 e. The Morgan fingerprint density at radius 1 is 1.17 bits per heavy atom. The standard InChI is InChI=1S/C19H27N3O2/c20-9-10-21-18(23)17-6-3-11-22(13-17)19(24)16-8-7-14-4-1-2-5-15(14)12-16/h7-8,12,17H,1-6,9-11,13,20H2,(H,21,23). The number of nitrogens with zero attached hydrogens (tertiary/aromatic N) is 1. The molecule has 2 aliphatic rings. The van der Waals surface area contributed by atoms with Crippen LogP contribution >= 0.6 is 0 Å². The number of hydrogen-bond donors (Lipinski definition) is 2. The molecule has 3 rings (SSSR count). The van der Waals surface area contributed by atoms with Crippen LogP contribution in [0.1, 0.15) is 47.2 Å². The molecule has 1 saturated heterocycles. The van der Waals surface area contributed by atoms with Crippen molar-refractivity contribution in [1.82, 2.24) is 10.2 Å². The third-order valence-electron chi connectivity index (χ3n) is 5.12. The van der Waals surface area contributed by atoms with Gasteiger partial charge in [0.1, 0.15) is 0 Å². The van der Waals surface area contributed by atoms with Crippen LogP contribution in [-0.2, 0) is 17.6 Å². The van der Waals surface area contributed by atoms with Gasteiger partial charge < -0.3 is 16.0 Å². The number of carbonyl (C=O) groups is 2. The molecule has 1 aliphatic heterocycles. The first kappa shape index (κ1) is 17.0. The Hall–Kier alpha value is -1.88. The van der Waals surface area contributed by atoms with E-state index in [1.54, 1.807) is 0 Å². The van der Waals surface area contributed by atoms with Crippen molar-refractivity contribution in [3.63, 3.8) is 0 Å². The van der Waals surface area contributed by atoms with Gasteiger partial charge in [0.2, 0.25) is 5.91 Å². The van der Waals surface area contributed by atoms with Crippen molar-refractivity contribution in [2.45, 2.75) is 38.5 Å². The summed E-state index contributed by atoms with van der Waals surface area (Å²) in [4.78, 5) is 26.8. The van der Waals surface area contributed by atoms with Crippen LogP contribution in [0.15, 0.2) is 18.2 Å². The van der Waals surface area contributed by atoms with Crippen LogP contribution in [0.25, 0.3) is 0 Å². The van der Waals surface area contributed by atoms with Gasteiger partial charge in [-0.1, -0.05) is 6.07 Å². The van der Waals surface area contributed by atoms with E-state index in [2.05, 4.69) is 17.4 Å². The summed E-state index contributed by atoms with van der Waals surface area (Å²) in [6, 6.07) is 6.12. The molecule has 1 fully saturated rings. The molecule has 1 aliphatic carbocycles. The van der Waals surface area contributed by atoms with E-state index in [1.165, 1.54) is 24.0 Å². The lowest BCUT2D eigenvalue weighted by Crippen LogP contribution is -2.46. The van der Waals surface area contributed by atoms with Gasteiger partial charge in [0.15, 0.2) is 0 Å². The van der Waals surface area contributed by atoms with E-state index in [0.717, 1.165) is 37.8 Å².